The van der Waals surface area contributed by atoms with Crippen LogP contribution in [0.2, 0.25) is 0 Å². The average molecular weight is 334 g/mol. The van der Waals surface area contributed by atoms with Gasteiger partial charge in [-0.2, -0.15) is 0 Å². The fourth-order valence-electron chi connectivity index (χ4n) is 1.41. The minimum Gasteiger partial charge on any atom is -0.442 e. The largest absolute Gasteiger partial charge is 0.443 e. The summed E-state index contributed by atoms with van der Waals surface area (Å²) in [5.41, 5.74) is 5.14. The van der Waals surface area contributed by atoms with Crippen LogP contribution in [0.3, 0.4) is 0 Å². The highest BCUT2D eigenvalue weighted by atomic mass is 35.5. The number of amides is 1. The number of benzene rings is 1. The standard InChI is InChI=1S/C12H15N3O6.ClH/c1-2-14(21-11(16)7-13)12(17)20-8-9-5-3-4-6-10(9)15(18)19;/h3-6H,2,7-8,13H2,1H3;1H. The van der Waals surface area contributed by atoms with Crippen molar-refractivity contribution < 1.29 is 24.1 Å². The molecule has 0 aromatic heterocycles. The van der Waals surface area contributed by atoms with Gasteiger partial charge in [0.25, 0.3) is 5.69 Å². The fraction of sp³-hybridized carbons (Fsp3) is 0.333. The number of hydrogen-bond donors (Lipinski definition) is 1. The number of carbonyl (C=O) groups is 2. The highest BCUT2D eigenvalue weighted by Gasteiger charge is 2.20. The fourth-order valence-corrected chi connectivity index (χ4v) is 1.41. The van der Waals surface area contributed by atoms with E-state index in [9.17, 15) is 19.7 Å². The third-order valence-corrected chi connectivity index (χ3v) is 2.41. The highest BCUT2D eigenvalue weighted by molar-refractivity contribution is 5.85. The lowest BCUT2D eigenvalue weighted by Gasteiger charge is -2.18. The number of hydrogen-bond acceptors (Lipinski definition) is 7. The van der Waals surface area contributed by atoms with E-state index in [-0.39, 0.29) is 43.4 Å². The Morgan fingerprint density at radius 3 is 2.55 bits per heavy atom. The minimum atomic E-state index is -0.933. The van der Waals surface area contributed by atoms with E-state index in [2.05, 4.69) is 4.84 Å². The van der Waals surface area contributed by atoms with E-state index in [0.29, 0.717) is 5.06 Å². The molecule has 0 unspecified atom stereocenters. The molecule has 122 valence electrons. The van der Waals surface area contributed by atoms with E-state index >= 15 is 0 Å². The number of nitro benzene ring substituents is 1. The summed E-state index contributed by atoms with van der Waals surface area (Å²) in [4.78, 5) is 37.6. The van der Waals surface area contributed by atoms with Gasteiger partial charge < -0.3 is 15.3 Å². The maximum Gasteiger partial charge on any atom is 0.443 e. The predicted molar refractivity (Wildman–Crippen MR) is 78.1 cm³/mol. The van der Waals surface area contributed by atoms with Gasteiger partial charge in [-0.1, -0.05) is 12.1 Å². The van der Waals surface area contributed by atoms with Crippen molar-refractivity contribution in [3.05, 3.63) is 39.9 Å². The van der Waals surface area contributed by atoms with Gasteiger partial charge in [0.2, 0.25) is 0 Å². The molecule has 10 heteroatoms. The van der Waals surface area contributed by atoms with Crippen LogP contribution in [0, 0.1) is 10.1 Å². The third kappa shape index (κ3) is 5.54. The van der Waals surface area contributed by atoms with Crippen LogP contribution in [0.15, 0.2) is 24.3 Å². The summed E-state index contributed by atoms with van der Waals surface area (Å²) in [5.74, 6) is -0.792. The summed E-state index contributed by atoms with van der Waals surface area (Å²) in [6.45, 7) is 0.929. The molecule has 0 fully saturated rings. The zero-order chi connectivity index (χ0) is 15.8. The Bertz CT molecular complexity index is 539. The normalized spacial score (nSPS) is 9.36. The van der Waals surface area contributed by atoms with Crippen molar-refractivity contribution in [3.63, 3.8) is 0 Å². The Balaban J connectivity index is 0.00000441. The summed E-state index contributed by atoms with van der Waals surface area (Å²) in [5, 5.41) is 11.5. The maximum atomic E-state index is 11.7. The van der Waals surface area contributed by atoms with Crippen LogP contribution in [0.4, 0.5) is 10.5 Å². The lowest BCUT2D eigenvalue weighted by molar-refractivity contribution is -0.385. The number of nitro groups is 1. The molecular formula is C12H16ClN3O6. The molecule has 0 saturated carbocycles. The van der Waals surface area contributed by atoms with Gasteiger partial charge in [0.1, 0.15) is 6.61 Å². The average Bonchev–Trinajstić information content (AvgIpc) is 2.49. The van der Waals surface area contributed by atoms with Gasteiger partial charge in [0, 0.05) is 6.07 Å². The first-order chi connectivity index (χ1) is 9.99. The molecule has 1 amide bonds. The second-order valence-corrected chi connectivity index (χ2v) is 3.80. The zero-order valence-electron chi connectivity index (χ0n) is 11.8. The smallest absolute Gasteiger partial charge is 0.442 e. The van der Waals surface area contributed by atoms with Crippen molar-refractivity contribution in [1.82, 2.24) is 5.06 Å². The van der Waals surface area contributed by atoms with Gasteiger partial charge in [-0.15, -0.1) is 17.5 Å². The van der Waals surface area contributed by atoms with Crippen molar-refractivity contribution in [2.75, 3.05) is 13.1 Å². The number of hydroxylamine groups is 2. The van der Waals surface area contributed by atoms with Gasteiger partial charge in [0.05, 0.1) is 23.6 Å². The monoisotopic (exact) mass is 333 g/mol. The van der Waals surface area contributed by atoms with Gasteiger partial charge in [-0.05, 0) is 13.0 Å². The van der Waals surface area contributed by atoms with Crippen molar-refractivity contribution >= 4 is 30.2 Å². The molecule has 0 aliphatic rings. The van der Waals surface area contributed by atoms with E-state index in [1.807, 2.05) is 0 Å². The summed E-state index contributed by atoms with van der Waals surface area (Å²) < 4.78 is 4.88. The first kappa shape index (κ1) is 19.6. The van der Waals surface area contributed by atoms with Crippen LogP contribution in [0.5, 0.6) is 0 Å². The Labute approximate surface area is 132 Å². The first-order valence-corrected chi connectivity index (χ1v) is 6.07. The molecule has 1 aromatic rings. The minimum absolute atomic E-state index is 0. The molecule has 0 saturated heterocycles. The number of halogens is 1. The molecule has 1 rings (SSSR count). The van der Waals surface area contributed by atoms with Crippen LogP contribution in [-0.2, 0) is 21.0 Å². The highest BCUT2D eigenvalue weighted by Crippen LogP contribution is 2.18. The Morgan fingerprint density at radius 1 is 1.36 bits per heavy atom. The Morgan fingerprint density at radius 2 is 2.00 bits per heavy atom. The van der Waals surface area contributed by atoms with E-state index in [1.54, 1.807) is 13.0 Å². The van der Waals surface area contributed by atoms with Crippen LogP contribution in [-0.4, -0.2) is 35.1 Å². The van der Waals surface area contributed by atoms with Crippen molar-refractivity contribution in [3.8, 4) is 0 Å². The summed E-state index contributed by atoms with van der Waals surface area (Å²) in [7, 11) is 0. The first-order valence-electron chi connectivity index (χ1n) is 6.07. The third-order valence-electron chi connectivity index (χ3n) is 2.41. The molecule has 2 N–H and O–H groups in total. The number of rotatable bonds is 5. The lowest BCUT2D eigenvalue weighted by Crippen LogP contribution is -2.36. The van der Waals surface area contributed by atoms with Crippen LogP contribution >= 0.6 is 12.4 Å². The zero-order valence-corrected chi connectivity index (χ0v) is 12.6. The van der Waals surface area contributed by atoms with Gasteiger partial charge in [0.15, 0.2) is 0 Å². The molecule has 1 aromatic carbocycles. The van der Waals surface area contributed by atoms with E-state index in [4.69, 9.17) is 10.5 Å². The quantitative estimate of drug-likeness (QED) is 0.637. The molecule has 0 heterocycles. The van der Waals surface area contributed by atoms with E-state index in [1.165, 1.54) is 18.2 Å². The van der Waals surface area contributed by atoms with Crippen molar-refractivity contribution in [1.29, 1.82) is 0 Å². The molecule has 0 bridgehead atoms. The Kier molecular flexibility index (Phi) is 8.49. The van der Waals surface area contributed by atoms with Crippen LogP contribution in [0.1, 0.15) is 12.5 Å². The van der Waals surface area contributed by atoms with Crippen molar-refractivity contribution in [2.45, 2.75) is 13.5 Å². The van der Waals surface area contributed by atoms with Gasteiger partial charge in [-0.25, -0.2) is 9.59 Å². The van der Waals surface area contributed by atoms with Crippen LogP contribution < -0.4 is 5.73 Å². The number of ether oxygens (including phenoxy) is 1. The second kappa shape index (κ2) is 9.53. The second-order valence-electron chi connectivity index (χ2n) is 3.80. The van der Waals surface area contributed by atoms with Crippen LogP contribution in [0.25, 0.3) is 0 Å². The molecule has 0 aliphatic carbocycles. The molecule has 9 nitrogen and oxygen atoms in total. The Hall–Kier alpha value is -2.39. The molecular weight excluding hydrogens is 318 g/mol. The predicted octanol–water partition coefficient (Wildman–Crippen LogP) is 1.39. The number of para-hydroxylation sites is 1. The number of carbonyl (C=O) groups excluding carboxylic acids is 2. The summed E-state index contributed by atoms with van der Waals surface area (Å²) in [6, 6.07) is 5.86. The number of nitrogens with two attached hydrogens (primary N) is 1. The molecule has 22 heavy (non-hydrogen) atoms. The molecule has 0 radical (unpaired) electrons. The summed E-state index contributed by atoms with van der Waals surface area (Å²) >= 11 is 0. The lowest BCUT2D eigenvalue weighted by atomic mass is 10.2. The van der Waals surface area contributed by atoms with Gasteiger partial charge in [-0.3, -0.25) is 10.1 Å². The van der Waals surface area contributed by atoms with E-state index < -0.39 is 17.0 Å². The molecule has 0 aliphatic heterocycles. The maximum absolute atomic E-state index is 11.7. The number of nitrogens with zero attached hydrogens (tertiary/aromatic N) is 2. The SMILES string of the molecule is CCN(OC(=O)CN)C(=O)OCc1ccccc1[N+](=O)[O-].Cl. The summed E-state index contributed by atoms with van der Waals surface area (Å²) in [6.07, 6.45) is -0.933. The molecule has 0 spiro atoms. The van der Waals surface area contributed by atoms with Gasteiger partial charge >= 0.3 is 12.1 Å². The topological polar surface area (TPSA) is 125 Å². The molecule has 0 atom stereocenters. The van der Waals surface area contributed by atoms with Crippen molar-refractivity contribution in [2.24, 2.45) is 5.73 Å². The van der Waals surface area contributed by atoms with E-state index in [0.717, 1.165) is 0 Å².